The normalized spacial score (nSPS) is 16.7. The molecule has 0 spiro atoms. The Morgan fingerprint density at radius 2 is 1.50 bits per heavy atom. The lowest BCUT2D eigenvalue weighted by atomic mass is 9.85. The Hall–Kier alpha value is -6.72. The minimum atomic E-state index is -1.12. The molecule has 8 rings (SSSR count). The van der Waals surface area contributed by atoms with Crippen LogP contribution < -0.4 is 21.3 Å². The molecule has 0 radical (unpaired) electrons. The summed E-state index contributed by atoms with van der Waals surface area (Å²) in [6.07, 6.45) is -0.740. The number of nitrogens with zero attached hydrogens (tertiary/aromatic N) is 6. The number of amides is 5. The van der Waals surface area contributed by atoms with E-state index in [1.807, 2.05) is 97.3 Å². The molecule has 1 fully saturated rings. The predicted octanol–water partition coefficient (Wildman–Crippen LogP) is 6.32. The summed E-state index contributed by atoms with van der Waals surface area (Å²) in [6.45, 7) is 14.4. The maximum Gasteiger partial charge on any atom is 0.246 e. The van der Waals surface area contributed by atoms with Gasteiger partial charge in [0.15, 0.2) is 5.82 Å². The molecule has 19 nitrogen and oxygen atoms in total. The van der Waals surface area contributed by atoms with Crippen LogP contribution in [0.3, 0.4) is 0 Å². The molecule has 80 heavy (non-hydrogen) atoms. The van der Waals surface area contributed by atoms with Gasteiger partial charge in [-0.2, -0.15) is 0 Å². The summed E-state index contributed by atoms with van der Waals surface area (Å²) in [5.41, 5.74) is 8.32. The monoisotopic (exact) mass is 1150 g/mol. The van der Waals surface area contributed by atoms with Gasteiger partial charge in [0, 0.05) is 53.5 Å². The molecule has 3 aromatic carbocycles. The maximum absolute atomic E-state index is 14.4. The highest BCUT2D eigenvalue weighted by atomic mass is 35.5. The minimum Gasteiger partial charge on any atom is -0.391 e. The number of ether oxygens (including phenoxy) is 3. The van der Waals surface area contributed by atoms with Gasteiger partial charge >= 0.3 is 0 Å². The van der Waals surface area contributed by atoms with Gasteiger partial charge in [-0.1, -0.05) is 99.1 Å². The molecule has 5 heterocycles. The first kappa shape index (κ1) is 59.4. The number of aliphatic imine (C=N–C) groups is 1. The van der Waals surface area contributed by atoms with E-state index in [0.717, 1.165) is 59.5 Å². The number of benzene rings is 3. The molecular weight excluding hydrogens is 1080 g/mol. The lowest BCUT2D eigenvalue weighted by molar-refractivity contribution is -0.144. The van der Waals surface area contributed by atoms with Gasteiger partial charge in [-0.15, -0.1) is 32.9 Å². The van der Waals surface area contributed by atoms with Crippen molar-refractivity contribution in [1.82, 2.24) is 45.9 Å². The van der Waals surface area contributed by atoms with E-state index in [9.17, 15) is 29.1 Å². The van der Waals surface area contributed by atoms with Crippen LogP contribution in [0.4, 0.5) is 0 Å². The van der Waals surface area contributed by atoms with Gasteiger partial charge in [-0.3, -0.25) is 33.5 Å². The molecule has 0 bridgehead atoms. The Bertz CT molecular complexity index is 3160. The molecule has 424 valence electrons. The van der Waals surface area contributed by atoms with E-state index in [1.54, 1.807) is 49.0 Å². The number of thiazole rings is 1. The molecule has 5 atom stereocenters. The van der Waals surface area contributed by atoms with E-state index < -0.39 is 59.3 Å². The van der Waals surface area contributed by atoms with Crippen molar-refractivity contribution in [3.63, 3.8) is 0 Å². The van der Waals surface area contributed by atoms with Gasteiger partial charge in [0.05, 0.1) is 67.4 Å². The molecule has 1 saturated heterocycles. The number of nitrogens with one attached hydrogen (secondary N) is 4. The molecule has 6 aromatic rings. The van der Waals surface area contributed by atoms with Gasteiger partial charge in [0.25, 0.3) is 0 Å². The summed E-state index contributed by atoms with van der Waals surface area (Å²) < 4.78 is 19.0. The molecule has 2 aliphatic rings. The third-order valence-corrected chi connectivity index (χ3v) is 16.3. The first-order chi connectivity index (χ1) is 38.4. The Morgan fingerprint density at radius 1 is 0.812 bits per heavy atom. The summed E-state index contributed by atoms with van der Waals surface area (Å²) >= 11 is 9.45. The van der Waals surface area contributed by atoms with Gasteiger partial charge in [-0.05, 0) is 67.5 Å². The van der Waals surface area contributed by atoms with Crippen LogP contribution in [0.15, 0.2) is 89.4 Å². The van der Waals surface area contributed by atoms with Gasteiger partial charge in [0.2, 0.25) is 29.5 Å². The quantitative estimate of drug-likeness (QED) is 0.0419. The zero-order valence-electron chi connectivity index (χ0n) is 46.0. The van der Waals surface area contributed by atoms with Crippen LogP contribution in [-0.2, 0) is 51.1 Å². The fourth-order valence-electron chi connectivity index (χ4n) is 9.57. The zero-order chi connectivity index (χ0) is 57.1. The average molecular weight is 1150 g/mol. The van der Waals surface area contributed by atoms with Crippen LogP contribution in [0.2, 0.25) is 5.02 Å². The van der Waals surface area contributed by atoms with Crippen molar-refractivity contribution in [2.75, 3.05) is 52.7 Å². The lowest BCUT2D eigenvalue weighted by Gasteiger charge is -2.36. The summed E-state index contributed by atoms with van der Waals surface area (Å²) in [7, 11) is 0. The van der Waals surface area contributed by atoms with E-state index in [-0.39, 0.29) is 84.4 Å². The number of rotatable bonds is 24. The maximum atomic E-state index is 14.4. The van der Waals surface area contributed by atoms with E-state index >= 15 is 0 Å². The highest BCUT2D eigenvalue weighted by Gasteiger charge is 2.45. The van der Waals surface area contributed by atoms with Crippen LogP contribution in [0.5, 0.6) is 0 Å². The standard InChI is InChI=1S/C58H69ClN10O9S2/c1-34-36(3)80-57-49(34)50(40-17-19-42(59)20-18-40)64-44(53-67-66-37(4)69(53)57)29-47(71)60-21-22-76-23-24-77-25-26-78-32-48(72)63-45(27-38-11-9-8-10-12-38)54(73)65-52(58(5,6)7)56(75)68-31-43(70)28-46(68)55(74)61-30-39-13-15-41(16-14-39)51-35(2)62-33-79-51/h8-20,33,43-46,52,70H,21-32H2,1-7H3,(H,60,71)(H,61,74)(H,63,72)(H,65,73)/t43-,44+,45?,46+,52?/m1/s1. The predicted molar refractivity (Wildman–Crippen MR) is 307 cm³/mol. The third-order valence-electron chi connectivity index (χ3n) is 13.9. The van der Waals surface area contributed by atoms with E-state index in [0.29, 0.717) is 16.7 Å². The molecule has 3 aromatic heterocycles. The molecule has 2 unspecified atom stereocenters. The Kier molecular flexibility index (Phi) is 20.2. The van der Waals surface area contributed by atoms with Crippen molar-refractivity contribution < 1.29 is 43.3 Å². The summed E-state index contributed by atoms with van der Waals surface area (Å²) in [5.74, 6) is -1.02. The molecule has 0 aliphatic carbocycles. The number of hydrogen-bond donors (Lipinski definition) is 5. The van der Waals surface area contributed by atoms with Crippen molar-refractivity contribution in [2.45, 2.75) is 105 Å². The van der Waals surface area contributed by atoms with Crippen LogP contribution >= 0.6 is 34.3 Å². The van der Waals surface area contributed by atoms with Crippen LogP contribution in [0.25, 0.3) is 15.4 Å². The second-order valence-electron chi connectivity index (χ2n) is 20.9. The molecular formula is C58H69ClN10O9S2. The largest absolute Gasteiger partial charge is 0.391 e. The summed E-state index contributed by atoms with van der Waals surface area (Å²) in [6, 6.07) is 20.7. The van der Waals surface area contributed by atoms with Gasteiger partial charge in [0.1, 0.15) is 41.6 Å². The van der Waals surface area contributed by atoms with Crippen molar-refractivity contribution in [1.29, 1.82) is 0 Å². The number of carbonyl (C=O) groups is 5. The molecule has 5 N–H and O–H groups in total. The highest BCUT2D eigenvalue weighted by molar-refractivity contribution is 7.15. The smallest absolute Gasteiger partial charge is 0.246 e. The number of aliphatic hydroxyl groups is 1. The summed E-state index contributed by atoms with van der Waals surface area (Å²) in [4.78, 5) is 82.0. The second-order valence-corrected chi connectivity index (χ2v) is 23.4. The number of likely N-dealkylation sites (tertiary alicyclic amines) is 1. The number of fused-ring (bicyclic) bond motifs is 3. The zero-order valence-corrected chi connectivity index (χ0v) is 48.4. The molecule has 0 saturated carbocycles. The topological polar surface area (TPSA) is 241 Å². The van der Waals surface area contributed by atoms with Crippen molar-refractivity contribution >= 4 is 69.5 Å². The number of β-amino-alcohol motifs (C(OH)–C–C–N with tert-alkyl or cyclic N) is 1. The Balaban J connectivity index is 0.765. The molecule has 2 aliphatic heterocycles. The van der Waals surface area contributed by atoms with Gasteiger partial charge in [-0.25, -0.2) is 4.98 Å². The number of aromatic nitrogens is 4. The van der Waals surface area contributed by atoms with Gasteiger partial charge < -0.3 is 45.5 Å². The first-order valence-corrected chi connectivity index (χ1v) is 28.7. The van der Waals surface area contributed by atoms with Crippen LogP contribution in [0.1, 0.15) is 89.7 Å². The fraction of sp³-hybridized carbons (Fsp3) is 0.431. The number of aliphatic hydroxyl groups excluding tert-OH is 1. The second kappa shape index (κ2) is 27.2. The van der Waals surface area contributed by atoms with E-state index in [4.69, 9.17) is 30.8 Å². The lowest BCUT2D eigenvalue weighted by Crippen LogP contribution is -2.60. The highest BCUT2D eigenvalue weighted by Crippen LogP contribution is 2.40. The Labute approximate surface area is 478 Å². The summed E-state index contributed by atoms with van der Waals surface area (Å²) in [5, 5.41) is 32.7. The van der Waals surface area contributed by atoms with E-state index in [1.165, 1.54) is 4.90 Å². The minimum absolute atomic E-state index is 0.0374. The number of aryl methyl sites for hydroxylation is 3. The number of carbonyl (C=O) groups excluding carboxylic acids is 5. The van der Waals surface area contributed by atoms with E-state index in [2.05, 4.69) is 50.3 Å². The van der Waals surface area contributed by atoms with Crippen molar-refractivity contribution in [3.05, 3.63) is 139 Å². The van der Waals surface area contributed by atoms with Crippen LogP contribution in [-0.4, -0.2) is 142 Å². The number of thiophene rings is 1. The first-order valence-electron chi connectivity index (χ1n) is 26.6. The molecule has 22 heteroatoms. The third kappa shape index (κ3) is 15.0. The number of halogens is 1. The SMILES string of the molecule is Cc1ncsc1-c1ccc(CNC(=O)[C@@H]2C[C@@H](O)CN2C(=O)C(NC(=O)C(Cc2ccccc2)NC(=O)COCCOCCOCCNC(=O)C[C@@H]2N=C(c3ccc(Cl)cc3)c3c(sc(C)c3C)-n3c(C)nnc32)C(C)(C)C)cc1. The Morgan fingerprint density at radius 3 is 2.19 bits per heavy atom. The van der Waals surface area contributed by atoms with Crippen molar-refractivity contribution in [2.24, 2.45) is 10.4 Å². The number of hydrogen-bond acceptors (Lipinski definition) is 15. The van der Waals surface area contributed by atoms with Crippen LogP contribution in [0, 0.1) is 33.1 Å². The van der Waals surface area contributed by atoms with Crippen molar-refractivity contribution in [3.8, 4) is 15.4 Å². The molecule has 5 amide bonds. The fourth-order valence-corrected chi connectivity index (χ4v) is 11.7. The average Bonchev–Trinajstić information content (AvgIpc) is 4.21.